The molecule has 1 aromatic rings. The molecule has 0 aliphatic rings. The van der Waals surface area contributed by atoms with Crippen molar-refractivity contribution in [2.75, 3.05) is 12.0 Å². The van der Waals surface area contributed by atoms with Gasteiger partial charge >= 0.3 is 5.97 Å². The number of aryl methyl sites for hydroxylation is 1. The first kappa shape index (κ1) is 13.4. The van der Waals surface area contributed by atoms with Crippen molar-refractivity contribution in [3.63, 3.8) is 0 Å². The van der Waals surface area contributed by atoms with Gasteiger partial charge in [-0.3, -0.25) is 4.79 Å². The van der Waals surface area contributed by atoms with Gasteiger partial charge in [-0.25, -0.2) is 0 Å². The largest absolute Gasteiger partial charge is 0.480 e. The number of rotatable bonds is 7. The summed E-state index contributed by atoms with van der Waals surface area (Å²) in [7, 11) is 0. The van der Waals surface area contributed by atoms with Crippen molar-refractivity contribution in [1.82, 2.24) is 0 Å². The Kier molecular flexibility index (Phi) is 5.42. The number of aromatic nitrogens is 1. The number of aliphatic carboxylic acids is 1. The van der Waals surface area contributed by atoms with Crippen molar-refractivity contribution < 1.29 is 14.6 Å². The highest BCUT2D eigenvalue weighted by molar-refractivity contribution is 5.72. The molecule has 1 rings (SSSR count). The highest BCUT2D eigenvalue weighted by Crippen LogP contribution is 1.98. The summed E-state index contributed by atoms with van der Waals surface area (Å²) in [5.74, 6) is -0.925. The lowest BCUT2D eigenvalue weighted by Crippen LogP contribution is -2.45. The van der Waals surface area contributed by atoms with Crippen LogP contribution in [0, 0.1) is 6.92 Å². The van der Waals surface area contributed by atoms with Gasteiger partial charge in [-0.2, -0.15) is 5.43 Å². The average molecular weight is 238 g/mol. The number of unbranched alkanes of at least 4 members (excludes halogenated alkanes) is 1. The molecular weight excluding hydrogens is 218 g/mol. The fourth-order valence-corrected chi connectivity index (χ4v) is 1.51. The maximum Gasteiger partial charge on any atom is 0.320 e. The van der Waals surface area contributed by atoms with Crippen LogP contribution in [0.2, 0.25) is 0 Å². The molecule has 1 atom stereocenters. The summed E-state index contributed by atoms with van der Waals surface area (Å²) in [5.41, 5.74) is 9.81. The van der Waals surface area contributed by atoms with Crippen LogP contribution in [0.3, 0.4) is 0 Å². The zero-order valence-electron chi connectivity index (χ0n) is 10.1. The molecule has 0 amide bonds. The minimum absolute atomic E-state index is 0.523. The predicted molar refractivity (Wildman–Crippen MR) is 65.1 cm³/mol. The number of hydrogen-bond donors (Lipinski definition) is 3. The van der Waals surface area contributed by atoms with E-state index in [4.69, 9.17) is 10.8 Å². The molecule has 0 aliphatic heterocycles. The average Bonchev–Trinajstić information content (AvgIpc) is 2.28. The smallest absolute Gasteiger partial charge is 0.320 e. The van der Waals surface area contributed by atoms with Crippen molar-refractivity contribution in [2.24, 2.45) is 5.73 Å². The highest BCUT2D eigenvalue weighted by Gasteiger charge is 2.10. The number of carbonyl (C=O) groups is 1. The fourth-order valence-electron chi connectivity index (χ4n) is 1.51. The first-order chi connectivity index (χ1) is 8.09. The first-order valence-electron chi connectivity index (χ1n) is 5.80. The van der Waals surface area contributed by atoms with Gasteiger partial charge in [0.15, 0.2) is 6.20 Å². The monoisotopic (exact) mass is 238 g/mol. The summed E-state index contributed by atoms with van der Waals surface area (Å²) < 4.78 is 1.91. The Morgan fingerprint density at radius 1 is 1.59 bits per heavy atom. The summed E-state index contributed by atoms with van der Waals surface area (Å²) in [6.45, 7) is 2.84. The minimum atomic E-state index is -0.925. The summed E-state index contributed by atoms with van der Waals surface area (Å²) >= 11 is 0. The second kappa shape index (κ2) is 6.85. The lowest BCUT2D eigenvalue weighted by Gasteiger charge is -2.05. The Labute approximate surface area is 101 Å². The Morgan fingerprint density at radius 2 is 2.35 bits per heavy atom. The highest BCUT2D eigenvalue weighted by atomic mass is 16.4. The molecule has 94 valence electrons. The number of hydrogen-bond acceptors (Lipinski definition) is 3. The van der Waals surface area contributed by atoms with E-state index in [9.17, 15) is 4.79 Å². The third-order valence-corrected chi connectivity index (χ3v) is 2.50. The molecule has 5 heteroatoms. The van der Waals surface area contributed by atoms with Crippen LogP contribution < -0.4 is 15.8 Å². The van der Waals surface area contributed by atoms with Gasteiger partial charge in [0.1, 0.15) is 6.04 Å². The molecule has 17 heavy (non-hydrogen) atoms. The van der Waals surface area contributed by atoms with Gasteiger partial charge in [0.2, 0.25) is 6.20 Å². The molecule has 4 N–H and O–H groups in total. The van der Waals surface area contributed by atoms with E-state index in [2.05, 4.69) is 5.43 Å². The molecule has 0 saturated heterocycles. The molecule has 5 nitrogen and oxygen atoms in total. The number of nitrogens with two attached hydrogens (primary N) is 1. The van der Waals surface area contributed by atoms with Crippen molar-refractivity contribution in [1.29, 1.82) is 0 Å². The van der Waals surface area contributed by atoms with E-state index in [1.807, 2.05) is 36.1 Å². The second-order valence-electron chi connectivity index (χ2n) is 4.14. The van der Waals surface area contributed by atoms with Gasteiger partial charge in [0.25, 0.3) is 0 Å². The van der Waals surface area contributed by atoms with E-state index in [0.717, 1.165) is 19.4 Å². The van der Waals surface area contributed by atoms with Crippen molar-refractivity contribution >= 4 is 5.97 Å². The summed E-state index contributed by atoms with van der Waals surface area (Å²) in [6, 6.07) is 3.27. The van der Waals surface area contributed by atoms with Crippen LogP contribution >= 0.6 is 0 Å². The number of carboxylic acid groups (broad SMARTS) is 1. The number of pyridine rings is 1. The predicted octanol–water partition coefficient (Wildman–Crippen LogP) is 0.408. The molecule has 0 unspecified atom stereocenters. The van der Waals surface area contributed by atoms with Crippen LogP contribution in [-0.2, 0) is 4.79 Å². The molecule has 1 aromatic heterocycles. The lowest BCUT2D eigenvalue weighted by atomic mass is 10.1. The summed E-state index contributed by atoms with van der Waals surface area (Å²) in [5, 5.41) is 8.60. The quantitative estimate of drug-likeness (QED) is 0.475. The van der Waals surface area contributed by atoms with E-state index in [1.54, 1.807) is 0 Å². The minimum Gasteiger partial charge on any atom is -0.480 e. The van der Waals surface area contributed by atoms with E-state index in [0.29, 0.717) is 6.42 Å². The van der Waals surface area contributed by atoms with Crippen molar-refractivity contribution in [2.45, 2.75) is 32.2 Å². The van der Waals surface area contributed by atoms with E-state index in [-0.39, 0.29) is 0 Å². The van der Waals surface area contributed by atoms with Crippen LogP contribution in [0.5, 0.6) is 0 Å². The molecule has 0 bridgehead atoms. The summed E-state index contributed by atoms with van der Waals surface area (Å²) in [4.78, 5) is 10.5. The van der Waals surface area contributed by atoms with Gasteiger partial charge in [-0.05, 0) is 32.3 Å². The Hall–Kier alpha value is -1.62. The summed E-state index contributed by atoms with van der Waals surface area (Å²) in [6.07, 6.45) is 6.18. The number of nitrogens with zero attached hydrogens (tertiary/aromatic N) is 1. The molecule has 0 radical (unpaired) electrons. The number of nitrogens with one attached hydrogen (secondary N) is 1. The molecule has 0 fully saturated rings. The lowest BCUT2D eigenvalue weighted by molar-refractivity contribution is -0.650. The van der Waals surface area contributed by atoms with Gasteiger partial charge in [0.05, 0.1) is 6.54 Å². The molecular formula is C12H20N3O2+. The van der Waals surface area contributed by atoms with E-state index in [1.165, 1.54) is 5.56 Å². The van der Waals surface area contributed by atoms with Crippen LogP contribution in [-0.4, -0.2) is 23.7 Å². The Balaban J connectivity index is 2.14. The normalized spacial score (nSPS) is 12.1. The topological polar surface area (TPSA) is 79.2 Å². The van der Waals surface area contributed by atoms with Gasteiger partial charge in [-0.1, -0.05) is 4.68 Å². The zero-order valence-corrected chi connectivity index (χ0v) is 10.1. The van der Waals surface area contributed by atoms with Crippen LogP contribution in [0.25, 0.3) is 0 Å². The first-order valence-corrected chi connectivity index (χ1v) is 5.80. The van der Waals surface area contributed by atoms with Gasteiger partial charge in [-0.15, -0.1) is 0 Å². The zero-order chi connectivity index (χ0) is 12.7. The Bertz CT molecular complexity index is 369. The molecule has 1 heterocycles. The number of carboxylic acids is 1. The van der Waals surface area contributed by atoms with Crippen LogP contribution in [0.15, 0.2) is 24.5 Å². The fraction of sp³-hybridized carbons (Fsp3) is 0.500. The van der Waals surface area contributed by atoms with Crippen LogP contribution in [0.1, 0.15) is 24.8 Å². The van der Waals surface area contributed by atoms with Crippen molar-refractivity contribution in [3.8, 4) is 0 Å². The third-order valence-electron chi connectivity index (χ3n) is 2.50. The van der Waals surface area contributed by atoms with Gasteiger partial charge in [0, 0.05) is 11.6 Å². The third kappa shape index (κ3) is 5.31. The SMILES string of the molecule is Cc1ccc[n+](NCCCC[C@H](N)C(=O)O)c1. The van der Waals surface area contributed by atoms with E-state index < -0.39 is 12.0 Å². The van der Waals surface area contributed by atoms with Crippen LogP contribution in [0.4, 0.5) is 0 Å². The maximum absolute atomic E-state index is 10.5. The molecule has 0 aliphatic carbocycles. The standard InChI is InChI=1S/C12H19N3O2/c1-10-5-4-8-15(9-10)14-7-3-2-6-11(13)12(16)17/h4-5,8-9,11,14H,2-3,6-7,13H2,1H3/p+1/t11-/m0/s1. The Morgan fingerprint density at radius 3 is 3.00 bits per heavy atom. The molecule has 0 aromatic carbocycles. The van der Waals surface area contributed by atoms with Crippen molar-refractivity contribution in [3.05, 3.63) is 30.1 Å². The molecule has 0 saturated carbocycles. The maximum atomic E-state index is 10.5. The molecule has 0 spiro atoms. The van der Waals surface area contributed by atoms with E-state index >= 15 is 0 Å². The second-order valence-corrected chi connectivity index (χ2v) is 4.14. The van der Waals surface area contributed by atoms with Gasteiger partial charge < -0.3 is 10.8 Å².